The van der Waals surface area contributed by atoms with Crippen LogP contribution >= 0.6 is 0 Å². The van der Waals surface area contributed by atoms with Gasteiger partial charge < -0.3 is 5.32 Å². The van der Waals surface area contributed by atoms with Gasteiger partial charge in [-0.15, -0.1) is 0 Å². The van der Waals surface area contributed by atoms with E-state index in [4.69, 9.17) is 0 Å². The quantitative estimate of drug-likeness (QED) is 0.480. The van der Waals surface area contributed by atoms with Gasteiger partial charge in [-0.3, -0.25) is 4.90 Å². The van der Waals surface area contributed by atoms with Crippen LogP contribution in [0.2, 0.25) is 0 Å². The van der Waals surface area contributed by atoms with Gasteiger partial charge in [0.1, 0.15) is 0 Å². The third kappa shape index (κ3) is 2.88. The molecular weight excluding hydrogens is 328 g/mol. The lowest BCUT2D eigenvalue weighted by Crippen LogP contribution is -2.45. The Labute approximate surface area is 161 Å². The van der Waals surface area contributed by atoms with Gasteiger partial charge in [-0.1, -0.05) is 68.4 Å². The number of hydrogen-bond acceptors (Lipinski definition) is 2. The van der Waals surface area contributed by atoms with Gasteiger partial charge in [0, 0.05) is 32.2 Å². The summed E-state index contributed by atoms with van der Waals surface area (Å²) in [7, 11) is 0. The molecule has 138 valence electrons. The van der Waals surface area contributed by atoms with Gasteiger partial charge in [0.2, 0.25) is 0 Å². The van der Waals surface area contributed by atoms with Crippen LogP contribution in [0, 0.1) is 5.92 Å². The second kappa shape index (κ2) is 6.78. The molecule has 0 radical (unpaired) electrons. The average Bonchev–Trinajstić information content (AvgIpc) is 2.71. The van der Waals surface area contributed by atoms with Crippen LogP contribution in [0.15, 0.2) is 54.6 Å². The minimum atomic E-state index is 0.497. The van der Waals surface area contributed by atoms with Crippen molar-refractivity contribution in [2.45, 2.75) is 26.3 Å². The van der Waals surface area contributed by atoms with Crippen LogP contribution in [0.1, 0.15) is 31.9 Å². The summed E-state index contributed by atoms with van der Waals surface area (Å²) in [4.78, 5) is 2.70. The predicted molar refractivity (Wildman–Crippen MR) is 117 cm³/mol. The first-order valence-electron chi connectivity index (χ1n) is 10.3. The molecule has 27 heavy (non-hydrogen) atoms. The molecule has 0 bridgehead atoms. The molecular formula is C25H28N2. The first-order chi connectivity index (χ1) is 13.2. The second-order valence-corrected chi connectivity index (χ2v) is 8.44. The zero-order chi connectivity index (χ0) is 18.4. The lowest BCUT2D eigenvalue weighted by molar-refractivity contribution is 0.155. The molecule has 0 saturated carbocycles. The van der Waals surface area contributed by atoms with Crippen LogP contribution in [-0.2, 0) is 0 Å². The third-order valence-electron chi connectivity index (χ3n) is 6.21. The van der Waals surface area contributed by atoms with Crippen molar-refractivity contribution in [3.63, 3.8) is 0 Å². The van der Waals surface area contributed by atoms with Gasteiger partial charge >= 0.3 is 0 Å². The van der Waals surface area contributed by atoms with Crippen LogP contribution in [0.5, 0.6) is 0 Å². The average molecular weight is 357 g/mol. The Balaban J connectivity index is 1.75. The summed E-state index contributed by atoms with van der Waals surface area (Å²) < 4.78 is 0. The normalized spacial score (nSPS) is 17.4. The highest BCUT2D eigenvalue weighted by atomic mass is 15.2. The van der Waals surface area contributed by atoms with Crippen molar-refractivity contribution in [3.05, 3.63) is 60.2 Å². The van der Waals surface area contributed by atoms with Crippen molar-refractivity contribution >= 4 is 32.3 Å². The number of rotatable bonds is 4. The summed E-state index contributed by atoms with van der Waals surface area (Å²) in [6.45, 7) is 9.18. The Kier molecular flexibility index (Phi) is 4.26. The maximum Gasteiger partial charge on any atom is 0.0357 e. The molecule has 1 aliphatic heterocycles. The fourth-order valence-corrected chi connectivity index (χ4v) is 4.96. The molecule has 2 nitrogen and oxygen atoms in total. The molecule has 0 spiro atoms. The van der Waals surface area contributed by atoms with E-state index in [1.807, 2.05) is 0 Å². The van der Waals surface area contributed by atoms with Crippen LogP contribution in [0.3, 0.4) is 0 Å². The lowest BCUT2D eigenvalue weighted by atomic mass is 9.87. The Hall–Kier alpha value is -2.16. The van der Waals surface area contributed by atoms with Gasteiger partial charge in [0.25, 0.3) is 0 Å². The smallest absolute Gasteiger partial charge is 0.0357 e. The lowest BCUT2D eigenvalue weighted by Gasteiger charge is -2.37. The minimum absolute atomic E-state index is 0.497. The molecule has 1 saturated heterocycles. The molecule has 1 fully saturated rings. The summed E-state index contributed by atoms with van der Waals surface area (Å²) in [5.41, 5.74) is 1.51. The van der Waals surface area contributed by atoms with Crippen molar-refractivity contribution in [2.75, 3.05) is 26.2 Å². The largest absolute Gasteiger partial charge is 0.314 e. The maximum absolute atomic E-state index is 3.51. The second-order valence-electron chi connectivity index (χ2n) is 8.44. The summed E-state index contributed by atoms with van der Waals surface area (Å²) in [6, 6.07) is 21.2. The van der Waals surface area contributed by atoms with Crippen molar-refractivity contribution in [1.82, 2.24) is 10.2 Å². The molecule has 4 aromatic carbocycles. The first-order valence-corrected chi connectivity index (χ1v) is 10.3. The van der Waals surface area contributed by atoms with E-state index in [0.717, 1.165) is 26.2 Å². The molecule has 0 amide bonds. The molecule has 5 rings (SSSR count). The van der Waals surface area contributed by atoms with E-state index in [1.165, 1.54) is 44.3 Å². The molecule has 1 atom stereocenters. The highest BCUT2D eigenvalue weighted by Crippen LogP contribution is 2.40. The van der Waals surface area contributed by atoms with Crippen LogP contribution in [0.25, 0.3) is 32.3 Å². The Morgan fingerprint density at radius 2 is 1.44 bits per heavy atom. The molecule has 1 aliphatic rings. The third-order valence-corrected chi connectivity index (χ3v) is 6.21. The van der Waals surface area contributed by atoms with Crippen molar-refractivity contribution in [3.8, 4) is 0 Å². The highest BCUT2D eigenvalue weighted by Gasteiger charge is 2.25. The first kappa shape index (κ1) is 17.0. The van der Waals surface area contributed by atoms with Gasteiger partial charge in [0.05, 0.1) is 0 Å². The van der Waals surface area contributed by atoms with E-state index in [9.17, 15) is 0 Å². The Morgan fingerprint density at radius 1 is 0.815 bits per heavy atom. The number of benzene rings is 4. The van der Waals surface area contributed by atoms with E-state index in [-0.39, 0.29) is 0 Å². The van der Waals surface area contributed by atoms with Gasteiger partial charge in [-0.2, -0.15) is 0 Å². The maximum atomic E-state index is 3.51. The molecule has 2 heteroatoms. The fraction of sp³-hybridized carbons (Fsp3) is 0.360. The molecule has 4 aromatic rings. The number of hydrogen-bond donors (Lipinski definition) is 1. The Morgan fingerprint density at radius 3 is 2.15 bits per heavy atom. The van der Waals surface area contributed by atoms with Crippen LogP contribution in [0.4, 0.5) is 0 Å². The van der Waals surface area contributed by atoms with Gasteiger partial charge in [-0.25, -0.2) is 0 Å². The SMILES string of the molecule is CC(C)C[C@H](c1ccc2ccc3cccc4ccc1c2c34)N1CCNCC1. The summed E-state index contributed by atoms with van der Waals surface area (Å²) in [5.74, 6) is 0.684. The fourth-order valence-electron chi connectivity index (χ4n) is 4.96. The Bertz CT molecular complexity index is 1060. The number of piperazine rings is 1. The van der Waals surface area contributed by atoms with E-state index >= 15 is 0 Å². The molecule has 0 aromatic heterocycles. The zero-order valence-corrected chi connectivity index (χ0v) is 16.3. The van der Waals surface area contributed by atoms with E-state index in [0.29, 0.717) is 12.0 Å². The number of nitrogens with zero attached hydrogens (tertiary/aromatic N) is 1. The predicted octanol–water partition coefficient (Wildman–Crippen LogP) is 5.58. The molecule has 0 unspecified atom stereocenters. The molecule has 0 aliphatic carbocycles. The molecule has 1 N–H and O–H groups in total. The van der Waals surface area contributed by atoms with E-state index in [2.05, 4.69) is 78.7 Å². The topological polar surface area (TPSA) is 15.3 Å². The van der Waals surface area contributed by atoms with Crippen molar-refractivity contribution in [2.24, 2.45) is 5.92 Å². The highest BCUT2D eigenvalue weighted by molar-refractivity contribution is 6.23. The molecule has 1 heterocycles. The monoisotopic (exact) mass is 356 g/mol. The zero-order valence-electron chi connectivity index (χ0n) is 16.3. The van der Waals surface area contributed by atoms with E-state index < -0.39 is 0 Å². The van der Waals surface area contributed by atoms with Gasteiger partial charge in [-0.05, 0) is 50.2 Å². The van der Waals surface area contributed by atoms with Crippen molar-refractivity contribution < 1.29 is 0 Å². The van der Waals surface area contributed by atoms with E-state index in [1.54, 1.807) is 0 Å². The van der Waals surface area contributed by atoms with Crippen LogP contribution in [-0.4, -0.2) is 31.1 Å². The van der Waals surface area contributed by atoms with Gasteiger partial charge in [0.15, 0.2) is 0 Å². The van der Waals surface area contributed by atoms with Crippen LogP contribution < -0.4 is 5.32 Å². The summed E-state index contributed by atoms with van der Waals surface area (Å²) in [6.07, 6.45) is 1.21. The minimum Gasteiger partial charge on any atom is -0.314 e. The van der Waals surface area contributed by atoms with Crippen molar-refractivity contribution in [1.29, 1.82) is 0 Å². The number of nitrogens with one attached hydrogen (secondary N) is 1. The summed E-state index contributed by atoms with van der Waals surface area (Å²) >= 11 is 0. The summed E-state index contributed by atoms with van der Waals surface area (Å²) in [5, 5.41) is 11.9. The standard InChI is InChI=1S/C25H28N2/c1-17(2)16-23(27-14-12-26-13-15-27)21-10-8-20-7-6-18-4-3-5-19-9-11-22(21)25(20)24(18)19/h3-11,17,23,26H,12-16H2,1-2H3/t23-/m1/s1.